The Morgan fingerprint density at radius 3 is 2.47 bits per heavy atom. The van der Waals surface area contributed by atoms with E-state index < -0.39 is 17.8 Å². The molecule has 184 valence electrons. The molecule has 0 aromatic heterocycles. The highest BCUT2D eigenvalue weighted by molar-refractivity contribution is 14.1. The van der Waals surface area contributed by atoms with Gasteiger partial charge in [0.2, 0.25) is 0 Å². The van der Waals surface area contributed by atoms with E-state index in [0.29, 0.717) is 43.5 Å². The van der Waals surface area contributed by atoms with Crippen molar-refractivity contribution in [3.8, 4) is 11.5 Å². The van der Waals surface area contributed by atoms with Crippen molar-refractivity contribution in [3.05, 3.63) is 89.9 Å². The molecule has 0 atom stereocenters. The van der Waals surface area contributed by atoms with Crippen molar-refractivity contribution in [2.75, 3.05) is 12.0 Å². The molecule has 0 bridgehead atoms. The number of carbonyl (C=O) groups excluding carboxylic acids is 3. The second-order valence-corrected chi connectivity index (χ2v) is 10.4. The van der Waals surface area contributed by atoms with Crippen LogP contribution >= 0.6 is 50.1 Å². The first-order valence-electron chi connectivity index (χ1n) is 10.6. The molecule has 1 aliphatic rings. The Hall–Kier alpha value is -2.89. The number of methoxy groups -OCH3 is 1. The molecule has 3 aromatic rings. The third-order valence-electron chi connectivity index (χ3n) is 5.36. The summed E-state index contributed by atoms with van der Waals surface area (Å²) in [6.45, 7) is 2.07. The number of benzene rings is 3. The Morgan fingerprint density at radius 2 is 1.81 bits per heavy atom. The van der Waals surface area contributed by atoms with Gasteiger partial charge in [0.25, 0.3) is 11.8 Å². The van der Waals surface area contributed by atoms with Gasteiger partial charge in [-0.1, -0.05) is 39.7 Å². The minimum Gasteiger partial charge on any atom is -0.493 e. The van der Waals surface area contributed by atoms with Gasteiger partial charge in [0, 0.05) is 9.50 Å². The SMILES string of the molecule is COc1cc(/C=C2/C(=O)NC(=O)N(c3ccc(Br)cc3C)C2=O)cc(I)c1OCc1ccc(Cl)cc1. The Bertz CT molecular complexity index is 1410. The molecule has 3 aromatic carbocycles. The number of barbiturate groups is 1. The van der Waals surface area contributed by atoms with Crippen LogP contribution in [0.5, 0.6) is 11.5 Å². The van der Waals surface area contributed by atoms with E-state index in [4.69, 9.17) is 21.1 Å². The van der Waals surface area contributed by atoms with Crippen LogP contribution in [-0.4, -0.2) is 25.0 Å². The van der Waals surface area contributed by atoms with Crippen molar-refractivity contribution >= 4 is 79.7 Å². The van der Waals surface area contributed by atoms with Gasteiger partial charge >= 0.3 is 6.03 Å². The summed E-state index contributed by atoms with van der Waals surface area (Å²) in [6.07, 6.45) is 1.43. The number of ether oxygens (including phenoxy) is 2. The summed E-state index contributed by atoms with van der Waals surface area (Å²) in [4.78, 5) is 39.4. The summed E-state index contributed by atoms with van der Waals surface area (Å²) < 4.78 is 13.0. The molecule has 1 aliphatic heterocycles. The zero-order chi connectivity index (χ0) is 26.0. The summed E-state index contributed by atoms with van der Waals surface area (Å²) in [5.74, 6) is -0.528. The largest absolute Gasteiger partial charge is 0.493 e. The van der Waals surface area contributed by atoms with Gasteiger partial charge in [-0.05, 0) is 94.7 Å². The van der Waals surface area contributed by atoms with Crippen molar-refractivity contribution in [2.45, 2.75) is 13.5 Å². The Kier molecular flexibility index (Phi) is 8.01. The fourth-order valence-corrected chi connectivity index (χ4v) is 4.99. The molecule has 0 radical (unpaired) electrons. The lowest BCUT2D eigenvalue weighted by Crippen LogP contribution is -2.54. The molecule has 36 heavy (non-hydrogen) atoms. The van der Waals surface area contributed by atoms with Crippen LogP contribution in [-0.2, 0) is 16.2 Å². The number of imide groups is 2. The lowest BCUT2D eigenvalue weighted by Gasteiger charge is -2.27. The molecular weight excluding hydrogens is 663 g/mol. The van der Waals surface area contributed by atoms with E-state index in [0.717, 1.165) is 14.9 Å². The average Bonchev–Trinajstić information content (AvgIpc) is 2.83. The second-order valence-electron chi connectivity index (χ2n) is 7.84. The van der Waals surface area contributed by atoms with Crippen LogP contribution in [0.1, 0.15) is 16.7 Å². The molecule has 0 saturated carbocycles. The minimum absolute atomic E-state index is 0.176. The number of carbonyl (C=O) groups is 3. The van der Waals surface area contributed by atoms with E-state index in [9.17, 15) is 14.4 Å². The molecule has 0 spiro atoms. The van der Waals surface area contributed by atoms with Gasteiger partial charge in [-0.3, -0.25) is 14.9 Å². The highest BCUT2D eigenvalue weighted by atomic mass is 127. The fraction of sp³-hybridized carbons (Fsp3) is 0.115. The summed E-state index contributed by atoms with van der Waals surface area (Å²) in [6, 6.07) is 15.1. The smallest absolute Gasteiger partial charge is 0.335 e. The minimum atomic E-state index is -0.800. The van der Waals surface area contributed by atoms with E-state index in [1.807, 2.05) is 12.1 Å². The number of amides is 4. The summed E-state index contributed by atoms with van der Waals surface area (Å²) in [5, 5.41) is 2.89. The summed E-state index contributed by atoms with van der Waals surface area (Å²) >= 11 is 11.4. The number of hydrogen-bond acceptors (Lipinski definition) is 5. The van der Waals surface area contributed by atoms with Gasteiger partial charge in [0.1, 0.15) is 12.2 Å². The van der Waals surface area contributed by atoms with Crippen molar-refractivity contribution in [1.29, 1.82) is 0 Å². The van der Waals surface area contributed by atoms with E-state index >= 15 is 0 Å². The van der Waals surface area contributed by atoms with E-state index in [1.165, 1.54) is 13.2 Å². The Labute approximate surface area is 234 Å². The molecule has 0 aliphatic carbocycles. The molecule has 1 N–H and O–H groups in total. The van der Waals surface area contributed by atoms with E-state index in [2.05, 4.69) is 43.8 Å². The third kappa shape index (κ3) is 5.58. The summed E-state index contributed by atoms with van der Waals surface area (Å²) in [5.41, 5.74) is 2.37. The van der Waals surface area contributed by atoms with Gasteiger partial charge in [0.15, 0.2) is 11.5 Å². The van der Waals surface area contributed by atoms with Crippen LogP contribution in [0.25, 0.3) is 6.08 Å². The monoisotopic (exact) mass is 680 g/mol. The van der Waals surface area contributed by atoms with Crippen molar-refractivity contribution in [2.24, 2.45) is 0 Å². The van der Waals surface area contributed by atoms with Gasteiger partial charge in [0.05, 0.1) is 16.4 Å². The normalized spacial score (nSPS) is 14.8. The molecule has 1 saturated heterocycles. The predicted molar refractivity (Wildman–Crippen MR) is 149 cm³/mol. The predicted octanol–water partition coefficient (Wildman–Crippen LogP) is 6.27. The molecule has 1 fully saturated rings. The number of anilines is 1. The number of rotatable bonds is 6. The number of nitrogens with one attached hydrogen (secondary N) is 1. The van der Waals surface area contributed by atoms with Crippen LogP contribution in [0, 0.1) is 10.5 Å². The molecular formula is C26H19BrClIN2O5. The zero-order valence-electron chi connectivity index (χ0n) is 19.1. The lowest BCUT2D eigenvalue weighted by molar-refractivity contribution is -0.122. The summed E-state index contributed by atoms with van der Waals surface area (Å²) in [7, 11) is 1.51. The first-order valence-corrected chi connectivity index (χ1v) is 12.9. The van der Waals surface area contributed by atoms with Crippen molar-refractivity contribution < 1.29 is 23.9 Å². The van der Waals surface area contributed by atoms with Crippen LogP contribution in [0.3, 0.4) is 0 Å². The van der Waals surface area contributed by atoms with Crippen LogP contribution in [0.2, 0.25) is 5.02 Å². The average molecular weight is 682 g/mol. The number of urea groups is 1. The van der Waals surface area contributed by atoms with E-state index in [-0.39, 0.29) is 5.57 Å². The second kappa shape index (κ2) is 11.0. The lowest BCUT2D eigenvalue weighted by atomic mass is 10.1. The van der Waals surface area contributed by atoms with E-state index in [1.54, 1.807) is 49.4 Å². The third-order valence-corrected chi connectivity index (χ3v) is 6.91. The number of hydrogen-bond donors (Lipinski definition) is 1. The molecule has 4 rings (SSSR count). The molecule has 7 nitrogen and oxygen atoms in total. The Morgan fingerprint density at radius 1 is 1.08 bits per heavy atom. The first-order chi connectivity index (χ1) is 17.2. The standard InChI is InChI=1S/C26H19BrClIN2O5/c1-14-9-17(27)5-8-21(14)31-25(33)19(24(32)30-26(31)34)10-16-11-20(29)23(22(12-16)35-2)36-13-15-3-6-18(28)7-4-15/h3-12H,13H2,1-2H3,(H,30,32,34)/b19-10-. The van der Waals surface area contributed by atoms with Crippen molar-refractivity contribution in [1.82, 2.24) is 5.32 Å². The molecule has 10 heteroatoms. The Balaban J connectivity index is 1.65. The van der Waals surface area contributed by atoms with Gasteiger partial charge in [-0.15, -0.1) is 0 Å². The fourth-order valence-electron chi connectivity index (χ4n) is 3.61. The quantitative estimate of drug-likeness (QED) is 0.189. The molecule has 4 amide bonds. The maximum Gasteiger partial charge on any atom is 0.335 e. The zero-order valence-corrected chi connectivity index (χ0v) is 23.6. The van der Waals surface area contributed by atoms with Crippen LogP contribution < -0.4 is 19.7 Å². The maximum absolute atomic E-state index is 13.3. The maximum atomic E-state index is 13.3. The first kappa shape index (κ1) is 26.2. The number of halogens is 3. The molecule has 0 unspecified atom stereocenters. The number of aryl methyl sites for hydroxylation is 1. The number of nitrogens with zero attached hydrogens (tertiary/aromatic N) is 1. The topological polar surface area (TPSA) is 84.9 Å². The van der Waals surface area contributed by atoms with Gasteiger partial charge < -0.3 is 9.47 Å². The van der Waals surface area contributed by atoms with Crippen LogP contribution in [0.15, 0.2) is 64.6 Å². The van der Waals surface area contributed by atoms with Crippen LogP contribution in [0.4, 0.5) is 10.5 Å². The van der Waals surface area contributed by atoms with Gasteiger partial charge in [-0.2, -0.15) is 0 Å². The highest BCUT2D eigenvalue weighted by Gasteiger charge is 2.37. The van der Waals surface area contributed by atoms with Gasteiger partial charge in [-0.25, -0.2) is 9.69 Å². The highest BCUT2D eigenvalue weighted by Crippen LogP contribution is 2.36. The molecule has 1 heterocycles. The van der Waals surface area contributed by atoms with Crippen molar-refractivity contribution in [3.63, 3.8) is 0 Å².